The Morgan fingerprint density at radius 3 is 2.76 bits per heavy atom. The molecule has 2 rings (SSSR count). The first-order valence-corrected chi connectivity index (χ1v) is 5.77. The van der Waals surface area contributed by atoms with Crippen molar-refractivity contribution in [3.05, 3.63) is 35.1 Å². The topological polar surface area (TPSA) is 71.4 Å². The van der Waals surface area contributed by atoms with Crippen LogP contribution in [0, 0.1) is 5.82 Å². The Morgan fingerprint density at radius 1 is 1.41 bits per heavy atom. The number of hydrogen-bond acceptors (Lipinski definition) is 4. The summed E-state index contributed by atoms with van der Waals surface area (Å²) >= 11 is 0.913. The first-order chi connectivity index (χ1) is 8.00. The Labute approximate surface area is 99.8 Å². The second-order valence-corrected chi connectivity index (χ2v) is 4.62. The summed E-state index contributed by atoms with van der Waals surface area (Å²) in [5.41, 5.74) is 0.721. The number of carboxylic acid groups (broad SMARTS) is 1. The Bertz CT molecular complexity index is 526. The second-order valence-electron chi connectivity index (χ2n) is 3.53. The highest BCUT2D eigenvalue weighted by Crippen LogP contribution is 2.31. The van der Waals surface area contributed by atoms with Crippen molar-refractivity contribution < 1.29 is 23.9 Å². The van der Waals surface area contributed by atoms with Crippen LogP contribution in [-0.2, 0) is 15.3 Å². The maximum absolute atomic E-state index is 12.9. The van der Waals surface area contributed by atoms with Crippen molar-refractivity contribution in [3.8, 4) is 0 Å². The van der Waals surface area contributed by atoms with Crippen molar-refractivity contribution >= 4 is 29.3 Å². The van der Waals surface area contributed by atoms with E-state index in [1.807, 2.05) is 0 Å². The predicted octanol–water partition coefficient (Wildman–Crippen LogP) is 1.28. The lowest BCUT2D eigenvalue weighted by atomic mass is 10.00. The highest BCUT2D eigenvalue weighted by Gasteiger charge is 2.36. The van der Waals surface area contributed by atoms with E-state index in [-0.39, 0.29) is 11.3 Å². The van der Waals surface area contributed by atoms with E-state index in [1.54, 1.807) is 0 Å². The summed E-state index contributed by atoms with van der Waals surface area (Å²) in [6.45, 7) is 0. The molecule has 0 spiro atoms. The minimum atomic E-state index is -1.62. The number of aliphatic carboxylic acids is 1. The highest BCUT2D eigenvalue weighted by atomic mass is 32.2. The van der Waals surface area contributed by atoms with Crippen molar-refractivity contribution in [2.75, 3.05) is 0 Å². The van der Waals surface area contributed by atoms with Crippen molar-refractivity contribution in [2.24, 2.45) is 0 Å². The number of Topliss-reactive ketones (excluding diaryl/α,β-unsaturated/α-hetero) is 2. The van der Waals surface area contributed by atoms with Crippen molar-refractivity contribution in [1.82, 2.24) is 0 Å². The van der Waals surface area contributed by atoms with Crippen LogP contribution >= 0.6 is 11.8 Å². The van der Waals surface area contributed by atoms with Gasteiger partial charge in [-0.3, -0.25) is 9.59 Å². The van der Waals surface area contributed by atoms with E-state index in [1.165, 1.54) is 12.1 Å². The molecule has 1 heterocycles. The monoisotopic (exact) mass is 254 g/mol. The van der Waals surface area contributed by atoms with Crippen LogP contribution in [0.25, 0.3) is 0 Å². The van der Waals surface area contributed by atoms with Gasteiger partial charge in [-0.05, 0) is 23.8 Å². The maximum atomic E-state index is 12.9. The molecule has 0 saturated heterocycles. The van der Waals surface area contributed by atoms with Crippen LogP contribution in [0.15, 0.2) is 18.2 Å². The number of rotatable bonds is 2. The molecule has 1 aromatic carbocycles. The fourth-order valence-electron chi connectivity index (χ4n) is 1.62. The van der Waals surface area contributed by atoms with E-state index in [2.05, 4.69) is 0 Å². The van der Waals surface area contributed by atoms with Crippen LogP contribution in [0.3, 0.4) is 0 Å². The summed E-state index contributed by atoms with van der Waals surface area (Å²) in [6.07, 6.45) is 0. The van der Waals surface area contributed by atoms with Crippen LogP contribution in [-0.4, -0.2) is 27.9 Å². The molecule has 1 unspecified atom stereocenters. The third kappa shape index (κ3) is 2.08. The van der Waals surface area contributed by atoms with Crippen molar-refractivity contribution in [3.63, 3.8) is 0 Å². The number of hydrogen-bond donors (Lipinski definition) is 1. The van der Waals surface area contributed by atoms with E-state index >= 15 is 0 Å². The van der Waals surface area contributed by atoms with Crippen molar-refractivity contribution in [2.45, 2.75) is 11.0 Å². The van der Waals surface area contributed by atoms with E-state index < -0.39 is 28.6 Å². The molecule has 1 N–H and O–H groups in total. The summed E-state index contributed by atoms with van der Waals surface area (Å²) in [7, 11) is 0. The third-order valence-corrected chi connectivity index (χ3v) is 3.66. The van der Waals surface area contributed by atoms with E-state index in [4.69, 9.17) is 5.11 Å². The molecule has 0 bridgehead atoms. The van der Waals surface area contributed by atoms with Gasteiger partial charge in [0.05, 0.1) is 0 Å². The van der Waals surface area contributed by atoms with Crippen LogP contribution < -0.4 is 0 Å². The number of carbonyl (C=O) groups is 3. The number of thioether (sulfide) groups is 1. The predicted molar refractivity (Wildman–Crippen MR) is 58.5 cm³/mol. The molecule has 1 aliphatic rings. The highest BCUT2D eigenvalue weighted by molar-refractivity contribution is 8.00. The number of ketones is 2. The Balaban J connectivity index is 2.37. The molecule has 0 amide bonds. The second kappa shape index (κ2) is 4.29. The van der Waals surface area contributed by atoms with Gasteiger partial charge < -0.3 is 5.11 Å². The first-order valence-electron chi connectivity index (χ1n) is 4.72. The van der Waals surface area contributed by atoms with Gasteiger partial charge in [0.15, 0.2) is 5.78 Å². The lowest BCUT2D eigenvalue weighted by Gasteiger charge is -2.20. The number of carboxylic acids is 1. The van der Waals surface area contributed by atoms with Crippen LogP contribution in [0.4, 0.5) is 4.39 Å². The number of benzene rings is 1. The molecule has 0 saturated carbocycles. The molecule has 1 aliphatic heterocycles. The molecule has 1 aromatic rings. The normalized spacial score (nSPS) is 18.6. The van der Waals surface area contributed by atoms with E-state index in [0.29, 0.717) is 5.56 Å². The van der Waals surface area contributed by atoms with Gasteiger partial charge in [-0.25, -0.2) is 9.18 Å². The Morgan fingerprint density at radius 2 is 2.12 bits per heavy atom. The number of fused-ring (bicyclic) bond motifs is 1. The number of halogens is 1. The average Bonchev–Trinajstić information content (AvgIpc) is 2.28. The Hall–Kier alpha value is -1.69. The average molecular weight is 254 g/mol. The molecule has 0 fully saturated rings. The molecule has 4 nitrogen and oxygen atoms in total. The first kappa shape index (κ1) is 11.8. The van der Waals surface area contributed by atoms with Gasteiger partial charge in [0, 0.05) is 11.3 Å². The van der Waals surface area contributed by atoms with E-state index in [0.717, 1.165) is 17.8 Å². The van der Waals surface area contributed by atoms with Gasteiger partial charge in [0.2, 0.25) is 0 Å². The quantitative estimate of drug-likeness (QED) is 0.635. The summed E-state index contributed by atoms with van der Waals surface area (Å²) in [4.78, 5) is 33.7. The van der Waals surface area contributed by atoms with E-state index in [9.17, 15) is 18.8 Å². The van der Waals surface area contributed by atoms with Gasteiger partial charge in [0.1, 0.15) is 11.1 Å². The Kier molecular flexibility index (Phi) is 2.97. The van der Waals surface area contributed by atoms with Crippen molar-refractivity contribution in [1.29, 1.82) is 0 Å². The zero-order valence-electron chi connectivity index (χ0n) is 8.47. The molecule has 17 heavy (non-hydrogen) atoms. The minimum absolute atomic E-state index is 0.227. The minimum Gasteiger partial charge on any atom is -0.475 e. The number of carbonyl (C=O) groups excluding carboxylic acids is 2. The van der Waals surface area contributed by atoms with Gasteiger partial charge in [-0.1, -0.05) is 0 Å². The van der Waals surface area contributed by atoms with Crippen LogP contribution in [0.5, 0.6) is 0 Å². The summed E-state index contributed by atoms with van der Waals surface area (Å²) in [6, 6.07) is 3.63. The fourth-order valence-corrected chi connectivity index (χ4v) is 2.73. The summed E-state index contributed by atoms with van der Waals surface area (Å²) in [5, 5.41) is 7.35. The van der Waals surface area contributed by atoms with Gasteiger partial charge in [0.25, 0.3) is 5.78 Å². The molecule has 0 radical (unpaired) electrons. The van der Waals surface area contributed by atoms with Crippen LogP contribution in [0.1, 0.15) is 15.9 Å². The molecule has 0 aliphatic carbocycles. The zero-order chi connectivity index (χ0) is 12.6. The lowest BCUT2D eigenvalue weighted by Crippen LogP contribution is -2.35. The van der Waals surface area contributed by atoms with Gasteiger partial charge in [-0.15, -0.1) is 11.8 Å². The lowest BCUT2D eigenvalue weighted by molar-refractivity contribution is -0.148. The SMILES string of the molecule is O=C(O)C(=O)C1SCc2cc(F)ccc2C1=O. The molecular formula is C11H7FO4S. The largest absolute Gasteiger partial charge is 0.475 e. The molecule has 88 valence electrons. The summed E-state index contributed by atoms with van der Waals surface area (Å²) in [5.74, 6) is -3.53. The summed E-state index contributed by atoms with van der Waals surface area (Å²) < 4.78 is 12.9. The van der Waals surface area contributed by atoms with Crippen LogP contribution in [0.2, 0.25) is 0 Å². The standard InChI is InChI=1S/C11H7FO4S/c12-6-1-2-7-5(3-6)4-17-10(8(7)13)9(14)11(15)16/h1-3,10H,4H2,(H,15,16). The third-order valence-electron chi connectivity index (χ3n) is 2.43. The smallest absolute Gasteiger partial charge is 0.373 e. The molecule has 1 atom stereocenters. The zero-order valence-corrected chi connectivity index (χ0v) is 9.29. The fraction of sp³-hybridized carbons (Fsp3) is 0.182. The van der Waals surface area contributed by atoms with Gasteiger partial charge >= 0.3 is 5.97 Å². The molecule has 6 heteroatoms. The maximum Gasteiger partial charge on any atom is 0.373 e. The molecular weight excluding hydrogens is 247 g/mol. The molecule has 0 aromatic heterocycles. The van der Waals surface area contributed by atoms with Gasteiger partial charge in [-0.2, -0.15) is 0 Å².